The molecule has 1 unspecified atom stereocenters. The molecule has 172 valence electrons. The van der Waals surface area contributed by atoms with Crippen LogP contribution in [0.5, 0.6) is 17.2 Å². The number of hydrogen-bond donors (Lipinski definition) is 0. The number of thioether (sulfide) groups is 1. The summed E-state index contributed by atoms with van der Waals surface area (Å²) in [5, 5.41) is 0. The van der Waals surface area contributed by atoms with Gasteiger partial charge >= 0.3 is 0 Å². The van der Waals surface area contributed by atoms with E-state index < -0.39 is 6.10 Å². The van der Waals surface area contributed by atoms with Crippen LogP contribution in [-0.2, 0) is 4.79 Å². The predicted octanol–water partition coefficient (Wildman–Crippen LogP) is 5.43. The summed E-state index contributed by atoms with van der Waals surface area (Å²) < 4.78 is 31.2. The molecule has 1 saturated heterocycles. The topological polar surface area (TPSA) is 48.0 Å². The lowest BCUT2D eigenvalue weighted by Crippen LogP contribution is -2.32. The smallest absolute Gasteiger partial charge is 0.268 e. The van der Waals surface area contributed by atoms with Crippen LogP contribution in [0.1, 0.15) is 6.42 Å². The van der Waals surface area contributed by atoms with Crippen LogP contribution in [-0.4, -0.2) is 44.3 Å². The minimum Gasteiger partial charge on any atom is -0.493 e. The molecule has 1 atom stereocenters. The molecule has 0 aliphatic carbocycles. The monoisotopic (exact) mass is 467 g/mol. The second-order valence-corrected chi connectivity index (χ2v) is 8.55. The van der Waals surface area contributed by atoms with E-state index in [-0.39, 0.29) is 11.7 Å². The molecule has 4 rings (SSSR count). The maximum absolute atomic E-state index is 14.0. The second kappa shape index (κ2) is 10.6. The number of anilines is 1. The van der Waals surface area contributed by atoms with Crippen molar-refractivity contribution in [3.63, 3.8) is 0 Å². The maximum atomic E-state index is 14.0. The van der Waals surface area contributed by atoms with E-state index in [2.05, 4.69) is 0 Å². The summed E-state index contributed by atoms with van der Waals surface area (Å²) >= 11 is 1.71. The van der Waals surface area contributed by atoms with Crippen molar-refractivity contribution in [3.05, 3.63) is 72.5 Å². The van der Waals surface area contributed by atoms with Crippen LogP contribution in [0.2, 0.25) is 0 Å². The summed E-state index contributed by atoms with van der Waals surface area (Å²) in [6.45, 7) is 1.14. The zero-order valence-corrected chi connectivity index (χ0v) is 19.4. The lowest BCUT2D eigenvalue weighted by molar-refractivity contribution is -0.122. The zero-order valence-electron chi connectivity index (χ0n) is 18.6. The largest absolute Gasteiger partial charge is 0.493 e. The van der Waals surface area contributed by atoms with Gasteiger partial charge in [0.15, 0.2) is 17.6 Å². The van der Waals surface area contributed by atoms with Gasteiger partial charge < -0.3 is 19.1 Å². The Kier molecular flexibility index (Phi) is 7.40. The average molecular weight is 468 g/mol. The van der Waals surface area contributed by atoms with Crippen LogP contribution in [0.25, 0.3) is 11.1 Å². The van der Waals surface area contributed by atoms with Gasteiger partial charge in [-0.15, -0.1) is 0 Å². The molecule has 1 aliphatic rings. The normalized spacial score (nSPS) is 15.5. The lowest BCUT2D eigenvalue weighted by atomic mass is 10.1. The SMILES string of the molecule is COc1cc(N2CCC(Oc3ccc(-c4ccccc4F)cc3)C2=O)ccc1OCCSC. The van der Waals surface area contributed by atoms with Crippen molar-refractivity contribution in [2.24, 2.45) is 0 Å². The number of rotatable bonds is 9. The standard InChI is InChI=1S/C26H26FNO4S/c1-30-25-17-19(9-12-23(25)31-15-16-33-2)28-14-13-24(26(28)29)32-20-10-7-18(8-11-20)21-5-3-4-6-22(21)27/h3-12,17,24H,13-16H2,1-2H3. The maximum Gasteiger partial charge on any atom is 0.268 e. The van der Waals surface area contributed by atoms with E-state index in [9.17, 15) is 9.18 Å². The van der Waals surface area contributed by atoms with Gasteiger partial charge in [0.25, 0.3) is 5.91 Å². The molecule has 0 saturated carbocycles. The van der Waals surface area contributed by atoms with Crippen molar-refractivity contribution >= 4 is 23.4 Å². The average Bonchev–Trinajstić information content (AvgIpc) is 3.20. The minimum atomic E-state index is -0.576. The Bertz CT molecular complexity index is 1110. The Balaban J connectivity index is 1.42. The third-order valence-corrected chi connectivity index (χ3v) is 6.05. The fourth-order valence-electron chi connectivity index (χ4n) is 3.77. The minimum absolute atomic E-state index is 0.105. The summed E-state index contributed by atoms with van der Waals surface area (Å²) in [4.78, 5) is 14.7. The number of carbonyl (C=O) groups excluding carboxylic acids is 1. The molecule has 0 radical (unpaired) electrons. The number of hydrogen-bond acceptors (Lipinski definition) is 5. The number of halogens is 1. The Hall–Kier alpha value is -3.19. The van der Waals surface area contributed by atoms with Crippen molar-refractivity contribution in [3.8, 4) is 28.4 Å². The Morgan fingerprint density at radius 1 is 1.06 bits per heavy atom. The van der Waals surface area contributed by atoms with Gasteiger partial charge in [-0.25, -0.2) is 4.39 Å². The van der Waals surface area contributed by atoms with Crippen molar-refractivity contribution in [2.75, 3.05) is 37.2 Å². The predicted molar refractivity (Wildman–Crippen MR) is 130 cm³/mol. The molecule has 1 aliphatic heterocycles. The quantitative estimate of drug-likeness (QED) is 0.393. The Labute approximate surface area is 197 Å². The first-order valence-corrected chi connectivity index (χ1v) is 12.1. The zero-order chi connectivity index (χ0) is 23.2. The van der Waals surface area contributed by atoms with E-state index in [0.29, 0.717) is 42.4 Å². The highest BCUT2D eigenvalue weighted by molar-refractivity contribution is 7.98. The number of methoxy groups -OCH3 is 1. The van der Waals surface area contributed by atoms with Crippen molar-refractivity contribution < 1.29 is 23.4 Å². The van der Waals surface area contributed by atoms with Gasteiger partial charge in [-0.05, 0) is 42.2 Å². The van der Waals surface area contributed by atoms with E-state index in [1.54, 1.807) is 66.2 Å². The van der Waals surface area contributed by atoms with Gasteiger partial charge in [0.2, 0.25) is 0 Å². The third kappa shape index (κ3) is 5.25. The van der Waals surface area contributed by atoms with Crippen molar-refractivity contribution in [2.45, 2.75) is 12.5 Å². The first-order valence-electron chi connectivity index (χ1n) is 10.7. The summed E-state index contributed by atoms with van der Waals surface area (Å²) in [5.74, 6) is 2.33. The Morgan fingerprint density at radius 2 is 1.85 bits per heavy atom. The third-order valence-electron chi connectivity index (χ3n) is 5.48. The van der Waals surface area contributed by atoms with Gasteiger partial charge in [-0.1, -0.05) is 30.3 Å². The molecular formula is C26H26FNO4S. The summed E-state index contributed by atoms with van der Waals surface area (Å²) in [7, 11) is 1.59. The van der Waals surface area contributed by atoms with Gasteiger partial charge in [0, 0.05) is 36.0 Å². The van der Waals surface area contributed by atoms with Crippen LogP contribution < -0.4 is 19.1 Å². The number of nitrogens with zero attached hydrogens (tertiary/aromatic N) is 1. The molecule has 1 fully saturated rings. The molecule has 1 amide bonds. The second-order valence-electron chi connectivity index (χ2n) is 7.57. The molecule has 3 aromatic rings. The van der Waals surface area contributed by atoms with Gasteiger partial charge in [-0.3, -0.25) is 4.79 Å². The molecule has 1 heterocycles. The molecular weight excluding hydrogens is 441 g/mol. The van der Waals surface area contributed by atoms with E-state index in [1.807, 2.05) is 24.5 Å². The first kappa shape index (κ1) is 23.0. The summed E-state index contributed by atoms with van der Waals surface area (Å²) in [5.41, 5.74) is 2.03. The van der Waals surface area contributed by atoms with E-state index in [0.717, 1.165) is 17.0 Å². The van der Waals surface area contributed by atoms with E-state index in [1.165, 1.54) is 6.07 Å². The van der Waals surface area contributed by atoms with Crippen molar-refractivity contribution in [1.82, 2.24) is 0 Å². The van der Waals surface area contributed by atoms with Crippen LogP contribution in [0.4, 0.5) is 10.1 Å². The molecule has 3 aromatic carbocycles. The van der Waals surface area contributed by atoms with Crippen LogP contribution in [0.3, 0.4) is 0 Å². The number of ether oxygens (including phenoxy) is 3. The van der Waals surface area contributed by atoms with Crippen LogP contribution in [0, 0.1) is 5.82 Å². The van der Waals surface area contributed by atoms with Gasteiger partial charge in [-0.2, -0.15) is 11.8 Å². The highest BCUT2D eigenvalue weighted by Crippen LogP contribution is 2.34. The van der Waals surface area contributed by atoms with Crippen LogP contribution in [0.15, 0.2) is 66.7 Å². The lowest BCUT2D eigenvalue weighted by Gasteiger charge is -2.19. The molecule has 5 nitrogen and oxygen atoms in total. The molecule has 33 heavy (non-hydrogen) atoms. The number of amides is 1. The summed E-state index contributed by atoms with van der Waals surface area (Å²) in [6.07, 6.45) is 2.02. The highest BCUT2D eigenvalue weighted by Gasteiger charge is 2.34. The molecule has 7 heteroatoms. The Morgan fingerprint density at radius 3 is 2.58 bits per heavy atom. The fourth-order valence-corrected chi connectivity index (χ4v) is 4.02. The summed E-state index contributed by atoms with van der Waals surface area (Å²) in [6, 6.07) is 19.3. The van der Waals surface area contributed by atoms with E-state index >= 15 is 0 Å². The van der Waals surface area contributed by atoms with Crippen LogP contribution >= 0.6 is 11.8 Å². The fraction of sp³-hybridized carbons (Fsp3) is 0.269. The number of carbonyl (C=O) groups is 1. The van der Waals surface area contributed by atoms with Gasteiger partial charge in [0.1, 0.15) is 11.6 Å². The first-order chi connectivity index (χ1) is 16.1. The highest BCUT2D eigenvalue weighted by atomic mass is 32.2. The van der Waals surface area contributed by atoms with Crippen molar-refractivity contribution in [1.29, 1.82) is 0 Å². The molecule has 0 bridgehead atoms. The molecule has 0 N–H and O–H groups in total. The molecule has 0 aromatic heterocycles. The molecule has 0 spiro atoms. The number of benzene rings is 3. The van der Waals surface area contributed by atoms with E-state index in [4.69, 9.17) is 14.2 Å². The van der Waals surface area contributed by atoms with Gasteiger partial charge in [0.05, 0.1) is 13.7 Å².